The fraction of sp³-hybridized carbons (Fsp3) is 0.692. The van der Waals surface area contributed by atoms with Crippen molar-refractivity contribution >= 4 is 23.7 Å². The van der Waals surface area contributed by atoms with Crippen LogP contribution in [0.25, 0.3) is 0 Å². The highest BCUT2D eigenvalue weighted by atomic mass is 35.5. The van der Waals surface area contributed by atoms with Crippen LogP contribution >= 0.6 is 23.7 Å². The lowest BCUT2D eigenvalue weighted by Crippen LogP contribution is -2.37. The Balaban J connectivity index is 0.00000144. The van der Waals surface area contributed by atoms with Crippen LogP contribution in [0.4, 0.5) is 0 Å². The molecule has 0 amide bonds. The summed E-state index contributed by atoms with van der Waals surface area (Å²) in [7, 11) is 2.25. The van der Waals surface area contributed by atoms with Gasteiger partial charge < -0.3 is 5.32 Å². The molecular weight excluding hydrogens is 252 g/mol. The van der Waals surface area contributed by atoms with Crippen LogP contribution in [0.1, 0.15) is 30.7 Å². The Morgan fingerprint density at radius 1 is 1.59 bits per heavy atom. The van der Waals surface area contributed by atoms with Crippen molar-refractivity contribution in [3.8, 4) is 0 Å². The number of rotatable bonds is 4. The molecule has 0 saturated carbocycles. The van der Waals surface area contributed by atoms with E-state index in [1.807, 2.05) is 11.3 Å². The molecule has 0 radical (unpaired) electrons. The molecule has 4 heteroatoms. The van der Waals surface area contributed by atoms with Gasteiger partial charge in [-0.2, -0.15) is 0 Å². The van der Waals surface area contributed by atoms with Crippen molar-refractivity contribution in [2.75, 3.05) is 26.7 Å². The maximum atomic E-state index is 3.49. The number of piperidine rings is 1. The zero-order chi connectivity index (χ0) is 11.4. The van der Waals surface area contributed by atoms with E-state index in [0.29, 0.717) is 6.04 Å². The third-order valence-electron chi connectivity index (χ3n) is 3.56. The van der Waals surface area contributed by atoms with Crippen molar-refractivity contribution in [2.24, 2.45) is 5.92 Å². The number of thiophene rings is 1. The molecule has 1 aromatic rings. The average molecular weight is 275 g/mol. The van der Waals surface area contributed by atoms with E-state index in [9.17, 15) is 0 Å². The fourth-order valence-electron chi connectivity index (χ4n) is 2.39. The molecule has 1 aliphatic heterocycles. The van der Waals surface area contributed by atoms with Crippen LogP contribution in [0.3, 0.4) is 0 Å². The Hall–Kier alpha value is -0.0900. The summed E-state index contributed by atoms with van der Waals surface area (Å²) in [6.07, 6.45) is 2.72. The van der Waals surface area contributed by atoms with Crippen molar-refractivity contribution in [2.45, 2.75) is 25.8 Å². The molecule has 0 aromatic carbocycles. The highest BCUT2D eigenvalue weighted by molar-refractivity contribution is 7.10. The molecule has 0 bridgehead atoms. The zero-order valence-corrected chi connectivity index (χ0v) is 12.3. The average Bonchev–Trinajstić information content (AvgIpc) is 2.83. The molecule has 0 aliphatic carbocycles. The summed E-state index contributed by atoms with van der Waals surface area (Å²) in [6, 6.07) is 4.94. The minimum Gasteiger partial charge on any atom is -0.316 e. The lowest BCUT2D eigenvalue weighted by atomic mass is 9.98. The fourth-order valence-corrected chi connectivity index (χ4v) is 3.24. The van der Waals surface area contributed by atoms with E-state index in [4.69, 9.17) is 0 Å². The van der Waals surface area contributed by atoms with E-state index >= 15 is 0 Å². The van der Waals surface area contributed by atoms with Gasteiger partial charge in [-0.25, -0.2) is 0 Å². The largest absolute Gasteiger partial charge is 0.316 e. The summed E-state index contributed by atoms with van der Waals surface area (Å²) in [5.41, 5.74) is 0. The molecule has 1 N–H and O–H groups in total. The Kier molecular flexibility index (Phi) is 6.49. The number of nitrogens with one attached hydrogen (secondary N) is 1. The molecule has 2 atom stereocenters. The zero-order valence-electron chi connectivity index (χ0n) is 10.7. The summed E-state index contributed by atoms with van der Waals surface area (Å²) in [5.74, 6) is 0.834. The van der Waals surface area contributed by atoms with Gasteiger partial charge in [-0.3, -0.25) is 4.90 Å². The standard InChI is InChI=1S/C13H22N2S.ClH/c1-11(13-6-4-8-16-13)15(2)10-12-5-3-7-14-9-12;/h4,6,8,11-12,14H,3,5,7,9-10H2,1-2H3;1H. The molecule has 1 aliphatic rings. The minimum absolute atomic E-state index is 0. The molecule has 1 fully saturated rings. The number of nitrogens with zero attached hydrogens (tertiary/aromatic N) is 1. The Morgan fingerprint density at radius 2 is 2.41 bits per heavy atom. The Bertz CT molecular complexity index is 296. The minimum atomic E-state index is 0. The molecule has 17 heavy (non-hydrogen) atoms. The van der Waals surface area contributed by atoms with E-state index in [1.165, 1.54) is 37.4 Å². The lowest BCUT2D eigenvalue weighted by molar-refractivity contribution is 0.201. The van der Waals surface area contributed by atoms with Gasteiger partial charge in [0.05, 0.1) is 0 Å². The maximum Gasteiger partial charge on any atom is 0.0410 e. The van der Waals surface area contributed by atoms with Crippen molar-refractivity contribution in [1.82, 2.24) is 10.2 Å². The Morgan fingerprint density at radius 3 is 3.00 bits per heavy atom. The first-order chi connectivity index (χ1) is 7.77. The summed E-state index contributed by atoms with van der Waals surface area (Å²) in [5, 5.41) is 5.66. The van der Waals surface area contributed by atoms with Crippen molar-refractivity contribution < 1.29 is 0 Å². The van der Waals surface area contributed by atoms with Crippen LogP contribution in [0.15, 0.2) is 17.5 Å². The molecule has 2 heterocycles. The first-order valence-corrected chi connectivity index (χ1v) is 7.09. The van der Waals surface area contributed by atoms with Gasteiger partial charge >= 0.3 is 0 Å². The molecule has 2 rings (SSSR count). The Labute approximate surface area is 115 Å². The van der Waals surface area contributed by atoms with Gasteiger partial charge in [-0.15, -0.1) is 23.7 Å². The molecular formula is C13H23ClN2S. The van der Waals surface area contributed by atoms with Gasteiger partial charge in [0.2, 0.25) is 0 Å². The first kappa shape index (κ1) is 15.0. The molecule has 2 unspecified atom stereocenters. The normalized spacial score (nSPS) is 22.2. The van der Waals surface area contributed by atoms with Crippen molar-refractivity contribution in [3.05, 3.63) is 22.4 Å². The van der Waals surface area contributed by atoms with Crippen LogP contribution in [0, 0.1) is 5.92 Å². The smallest absolute Gasteiger partial charge is 0.0410 e. The third kappa shape index (κ3) is 4.25. The summed E-state index contributed by atoms with van der Waals surface area (Å²) < 4.78 is 0. The van der Waals surface area contributed by atoms with Gasteiger partial charge in [0, 0.05) is 17.5 Å². The SMILES string of the molecule is CC(c1cccs1)N(C)CC1CCCNC1.Cl. The van der Waals surface area contributed by atoms with E-state index in [2.05, 4.69) is 41.7 Å². The van der Waals surface area contributed by atoms with E-state index < -0.39 is 0 Å². The lowest BCUT2D eigenvalue weighted by Gasteiger charge is -2.30. The second-order valence-corrected chi connectivity index (χ2v) is 5.82. The summed E-state index contributed by atoms with van der Waals surface area (Å²) in [6.45, 7) is 5.93. The summed E-state index contributed by atoms with van der Waals surface area (Å²) >= 11 is 1.86. The predicted molar refractivity (Wildman–Crippen MR) is 78.2 cm³/mol. The van der Waals surface area contributed by atoms with Crippen LogP contribution in [-0.2, 0) is 0 Å². The van der Waals surface area contributed by atoms with Crippen LogP contribution in [0.5, 0.6) is 0 Å². The maximum absolute atomic E-state index is 3.49. The topological polar surface area (TPSA) is 15.3 Å². The van der Waals surface area contributed by atoms with Crippen LogP contribution in [0.2, 0.25) is 0 Å². The number of hydrogen-bond acceptors (Lipinski definition) is 3. The van der Waals surface area contributed by atoms with Crippen LogP contribution < -0.4 is 5.32 Å². The molecule has 0 spiro atoms. The molecule has 98 valence electrons. The van der Waals surface area contributed by atoms with E-state index in [0.717, 1.165) is 5.92 Å². The monoisotopic (exact) mass is 274 g/mol. The number of halogens is 1. The number of hydrogen-bond donors (Lipinski definition) is 1. The predicted octanol–water partition coefficient (Wildman–Crippen LogP) is 3.16. The molecule has 1 aromatic heterocycles. The van der Waals surface area contributed by atoms with Crippen molar-refractivity contribution in [3.63, 3.8) is 0 Å². The van der Waals surface area contributed by atoms with Crippen molar-refractivity contribution in [1.29, 1.82) is 0 Å². The second-order valence-electron chi connectivity index (χ2n) is 4.84. The molecule has 1 saturated heterocycles. The van der Waals surface area contributed by atoms with Crippen LogP contribution in [-0.4, -0.2) is 31.6 Å². The van der Waals surface area contributed by atoms with Gasteiger partial charge in [-0.05, 0) is 57.3 Å². The van der Waals surface area contributed by atoms with E-state index in [1.54, 1.807) is 0 Å². The van der Waals surface area contributed by atoms with E-state index in [-0.39, 0.29) is 12.4 Å². The third-order valence-corrected chi connectivity index (χ3v) is 4.60. The highest BCUT2D eigenvalue weighted by Crippen LogP contribution is 2.24. The van der Waals surface area contributed by atoms with Gasteiger partial charge in [0.1, 0.15) is 0 Å². The van der Waals surface area contributed by atoms with Gasteiger partial charge in [0.15, 0.2) is 0 Å². The highest BCUT2D eigenvalue weighted by Gasteiger charge is 2.19. The molecule has 2 nitrogen and oxygen atoms in total. The summed E-state index contributed by atoms with van der Waals surface area (Å²) in [4.78, 5) is 3.97. The second kappa shape index (κ2) is 7.37. The first-order valence-electron chi connectivity index (χ1n) is 6.21. The van der Waals surface area contributed by atoms with Gasteiger partial charge in [-0.1, -0.05) is 6.07 Å². The quantitative estimate of drug-likeness (QED) is 0.907. The van der Waals surface area contributed by atoms with Gasteiger partial charge in [0.25, 0.3) is 0 Å².